The predicted octanol–water partition coefficient (Wildman–Crippen LogP) is 3.29. The van der Waals surface area contributed by atoms with Gasteiger partial charge in [0.05, 0.1) is 0 Å². The van der Waals surface area contributed by atoms with Crippen LogP contribution in [0.3, 0.4) is 0 Å². The molecular formula is C22H24N2O5. The minimum Gasteiger partial charge on any atom is -0.424 e. The van der Waals surface area contributed by atoms with Crippen molar-refractivity contribution in [2.24, 2.45) is 0 Å². The number of anilines is 1. The summed E-state index contributed by atoms with van der Waals surface area (Å²) in [5.74, 6) is -0.143. The van der Waals surface area contributed by atoms with Crippen LogP contribution < -0.4 is 10.9 Å². The molecule has 1 unspecified atom stereocenters. The van der Waals surface area contributed by atoms with Gasteiger partial charge in [-0.05, 0) is 62.4 Å². The van der Waals surface area contributed by atoms with Gasteiger partial charge < -0.3 is 19.4 Å². The third-order valence-corrected chi connectivity index (χ3v) is 5.40. The highest BCUT2D eigenvalue weighted by Gasteiger charge is 2.24. The summed E-state index contributed by atoms with van der Waals surface area (Å²) in [6.45, 7) is 3.86. The van der Waals surface area contributed by atoms with E-state index in [9.17, 15) is 14.4 Å². The Hall–Kier alpha value is -2.93. The molecule has 3 heterocycles. The Labute approximate surface area is 168 Å². The van der Waals surface area contributed by atoms with E-state index >= 15 is 0 Å². The van der Waals surface area contributed by atoms with Gasteiger partial charge in [-0.1, -0.05) is 6.07 Å². The Bertz CT molecular complexity index is 985. The van der Waals surface area contributed by atoms with Crippen molar-refractivity contribution in [2.75, 3.05) is 25.0 Å². The summed E-state index contributed by atoms with van der Waals surface area (Å²) in [5, 5.41) is 2.71. The lowest BCUT2D eigenvalue weighted by Crippen LogP contribution is -2.27. The summed E-state index contributed by atoms with van der Waals surface area (Å²) in [7, 11) is 0. The second kappa shape index (κ2) is 8.21. The van der Waals surface area contributed by atoms with Gasteiger partial charge in [0.2, 0.25) is 0 Å². The number of hydrogen-bond donors (Lipinski definition) is 1. The number of nitrogens with zero attached hydrogens (tertiary/aromatic N) is 1. The molecule has 7 heteroatoms. The van der Waals surface area contributed by atoms with Crippen LogP contribution in [0.5, 0.6) is 0 Å². The molecule has 2 aliphatic heterocycles. The molecule has 0 bridgehead atoms. The smallest absolute Gasteiger partial charge is 0.349 e. The van der Waals surface area contributed by atoms with Crippen LogP contribution in [0.25, 0.3) is 0 Å². The molecule has 29 heavy (non-hydrogen) atoms. The molecule has 1 aromatic carbocycles. The highest BCUT2D eigenvalue weighted by molar-refractivity contribution is 6.05. The molecule has 1 aromatic heterocycles. The first kappa shape index (κ1) is 19.4. The molecule has 2 amide bonds. The minimum absolute atomic E-state index is 0.0389. The summed E-state index contributed by atoms with van der Waals surface area (Å²) in [5.41, 5.74) is 0.790. The fraction of sp³-hybridized carbons (Fsp3) is 0.409. The van der Waals surface area contributed by atoms with Crippen LogP contribution in [0.4, 0.5) is 5.69 Å². The number of hydrogen-bond acceptors (Lipinski definition) is 5. The van der Waals surface area contributed by atoms with Crippen LogP contribution in [0, 0.1) is 6.92 Å². The van der Waals surface area contributed by atoms with Crippen LogP contribution >= 0.6 is 0 Å². The molecule has 2 saturated heterocycles. The molecule has 2 aliphatic rings. The van der Waals surface area contributed by atoms with Crippen LogP contribution in [0.1, 0.15) is 63.8 Å². The Balaban J connectivity index is 1.53. The standard InChI is InChI=1S/C22H24N2O5/c1-14-12-18(17-8-5-11-28-17)29-22(27)19(14)20(25)23-16-7-4-6-15(13-16)21(26)24-9-2-3-10-24/h4,6-7,12-13,17H,2-3,5,8-11H2,1H3,(H,23,25). The largest absolute Gasteiger partial charge is 0.424 e. The van der Waals surface area contributed by atoms with Gasteiger partial charge in [-0.3, -0.25) is 9.59 Å². The van der Waals surface area contributed by atoms with E-state index in [1.54, 1.807) is 37.3 Å². The van der Waals surface area contributed by atoms with E-state index in [-0.39, 0.29) is 17.6 Å². The fourth-order valence-electron chi connectivity index (χ4n) is 3.89. The van der Waals surface area contributed by atoms with Crippen LogP contribution in [0.15, 0.2) is 39.5 Å². The van der Waals surface area contributed by atoms with Gasteiger partial charge in [0.25, 0.3) is 11.8 Å². The number of amides is 2. The molecule has 0 spiro atoms. The van der Waals surface area contributed by atoms with Crippen LogP contribution in [-0.2, 0) is 4.74 Å². The summed E-state index contributed by atoms with van der Waals surface area (Å²) in [4.78, 5) is 39.6. The van der Waals surface area contributed by atoms with Crippen molar-refractivity contribution in [1.82, 2.24) is 4.90 Å². The van der Waals surface area contributed by atoms with Gasteiger partial charge in [0.15, 0.2) is 0 Å². The van der Waals surface area contributed by atoms with E-state index in [4.69, 9.17) is 9.15 Å². The third-order valence-electron chi connectivity index (χ3n) is 5.40. The summed E-state index contributed by atoms with van der Waals surface area (Å²) in [6.07, 6.45) is 3.51. The molecule has 1 atom stereocenters. The van der Waals surface area contributed by atoms with E-state index in [0.717, 1.165) is 38.8 Å². The number of aryl methyl sites for hydroxylation is 1. The number of nitrogens with one attached hydrogen (secondary N) is 1. The molecule has 1 N–H and O–H groups in total. The van der Waals surface area contributed by atoms with Crippen molar-refractivity contribution in [3.05, 3.63) is 63.2 Å². The Morgan fingerprint density at radius 3 is 2.62 bits per heavy atom. The summed E-state index contributed by atoms with van der Waals surface area (Å²) >= 11 is 0. The van der Waals surface area contributed by atoms with E-state index < -0.39 is 11.5 Å². The van der Waals surface area contributed by atoms with Gasteiger partial charge in [-0.2, -0.15) is 0 Å². The summed E-state index contributed by atoms with van der Waals surface area (Å²) in [6, 6.07) is 8.47. The zero-order valence-electron chi connectivity index (χ0n) is 16.4. The van der Waals surface area contributed by atoms with Crippen LogP contribution in [0.2, 0.25) is 0 Å². The molecule has 0 radical (unpaired) electrons. The fourth-order valence-corrected chi connectivity index (χ4v) is 3.89. The molecule has 0 aliphatic carbocycles. The van der Waals surface area contributed by atoms with Crippen molar-refractivity contribution in [3.8, 4) is 0 Å². The Morgan fingerprint density at radius 1 is 1.14 bits per heavy atom. The normalized spacial score (nSPS) is 18.8. The molecular weight excluding hydrogens is 372 g/mol. The van der Waals surface area contributed by atoms with Crippen molar-refractivity contribution in [3.63, 3.8) is 0 Å². The SMILES string of the molecule is Cc1cc(C2CCCO2)oc(=O)c1C(=O)Nc1cccc(C(=O)N2CCCC2)c1. The van der Waals surface area contributed by atoms with E-state index in [1.165, 1.54) is 0 Å². The number of carbonyl (C=O) groups excluding carboxylic acids is 2. The van der Waals surface area contributed by atoms with Crippen molar-refractivity contribution < 1.29 is 18.7 Å². The lowest BCUT2D eigenvalue weighted by atomic mass is 10.1. The molecule has 0 saturated carbocycles. The number of rotatable bonds is 4. The predicted molar refractivity (Wildman–Crippen MR) is 107 cm³/mol. The molecule has 7 nitrogen and oxygen atoms in total. The number of likely N-dealkylation sites (tertiary alicyclic amines) is 1. The topological polar surface area (TPSA) is 88.8 Å². The molecule has 4 rings (SSSR count). The third kappa shape index (κ3) is 4.10. The van der Waals surface area contributed by atoms with Gasteiger partial charge in [0, 0.05) is 30.9 Å². The Kier molecular flexibility index (Phi) is 5.49. The number of carbonyl (C=O) groups is 2. The average Bonchev–Trinajstić information content (AvgIpc) is 3.41. The summed E-state index contributed by atoms with van der Waals surface area (Å²) < 4.78 is 10.9. The number of benzene rings is 1. The zero-order chi connectivity index (χ0) is 20.4. The van der Waals surface area contributed by atoms with Gasteiger partial charge in [-0.15, -0.1) is 0 Å². The zero-order valence-corrected chi connectivity index (χ0v) is 16.4. The molecule has 2 fully saturated rings. The maximum absolute atomic E-state index is 12.7. The second-order valence-electron chi connectivity index (χ2n) is 7.53. The second-order valence-corrected chi connectivity index (χ2v) is 7.53. The average molecular weight is 396 g/mol. The van der Waals surface area contributed by atoms with Gasteiger partial charge in [0.1, 0.15) is 17.4 Å². The van der Waals surface area contributed by atoms with Crippen LogP contribution in [-0.4, -0.2) is 36.4 Å². The van der Waals surface area contributed by atoms with E-state index in [1.807, 2.05) is 4.90 Å². The first-order valence-electron chi connectivity index (χ1n) is 10.00. The minimum atomic E-state index is -0.683. The lowest BCUT2D eigenvalue weighted by molar-refractivity contribution is 0.0792. The van der Waals surface area contributed by atoms with E-state index in [0.29, 0.717) is 29.2 Å². The first-order valence-corrected chi connectivity index (χ1v) is 10.00. The van der Waals surface area contributed by atoms with Gasteiger partial charge in [-0.25, -0.2) is 4.79 Å². The first-order chi connectivity index (χ1) is 14.0. The highest BCUT2D eigenvalue weighted by atomic mass is 16.5. The maximum Gasteiger partial charge on any atom is 0.349 e. The quantitative estimate of drug-likeness (QED) is 0.857. The monoisotopic (exact) mass is 396 g/mol. The maximum atomic E-state index is 12.7. The lowest BCUT2D eigenvalue weighted by Gasteiger charge is -2.16. The Morgan fingerprint density at radius 2 is 1.93 bits per heavy atom. The molecule has 2 aromatic rings. The highest BCUT2D eigenvalue weighted by Crippen LogP contribution is 2.28. The van der Waals surface area contributed by atoms with Crippen molar-refractivity contribution in [2.45, 2.75) is 38.7 Å². The van der Waals surface area contributed by atoms with Crippen molar-refractivity contribution >= 4 is 17.5 Å². The van der Waals surface area contributed by atoms with Crippen molar-refractivity contribution in [1.29, 1.82) is 0 Å². The molecule has 152 valence electrons. The number of ether oxygens (including phenoxy) is 1. The van der Waals surface area contributed by atoms with Gasteiger partial charge >= 0.3 is 5.63 Å². The van der Waals surface area contributed by atoms with E-state index in [2.05, 4.69) is 5.32 Å².